The summed E-state index contributed by atoms with van der Waals surface area (Å²) >= 11 is 0. The molecule has 1 N–H and O–H groups in total. The Balaban J connectivity index is 1.88. The average molecular weight is 430 g/mol. The molecule has 1 atom stereocenters. The number of nitrogens with zero attached hydrogens (tertiary/aromatic N) is 4. The van der Waals surface area contributed by atoms with Gasteiger partial charge in [-0.25, -0.2) is 4.98 Å². The summed E-state index contributed by atoms with van der Waals surface area (Å²) < 4.78 is 5.39. The van der Waals surface area contributed by atoms with Gasteiger partial charge in [0.15, 0.2) is 0 Å². The van der Waals surface area contributed by atoms with Crippen molar-refractivity contribution in [1.82, 2.24) is 25.1 Å². The van der Waals surface area contributed by atoms with Crippen LogP contribution in [0.5, 0.6) is 0 Å². The summed E-state index contributed by atoms with van der Waals surface area (Å²) in [6.45, 7) is 11.8. The van der Waals surface area contributed by atoms with Gasteiger partial charge >= 0.3 is 0 Å². The number of rotatable bonds is 13. The molecule has 2 aromatic heterocycles. The highest BCUT2D eigenvalue weighted by Gasteiger charge is 2.20. The molecule has 170 valence electrons. The standard InChI is InChI=1S/C23H35N5O3/c1-5-27(6-2)12-7-9-18(3)26-22(29)11-13-28(17-20-10-8-14-31-20)23(30)21-16-24-19(4)15-25-21/h8,10,14-16,18H,5-7,9,11-13,17H2,1-4H3,(H,26,29)/t18-/m0/s1. The van der Waals surface area contributed by atoms with Crippen molar-refractivity contribution < 1.29 is 14.0 Å². The second kappa shape index (κ2) is 12.8. The molecule has 0 aliphatic carbocycles. The highest BCUT2D eigenvalue weighted by Crippen LogP contribution is 2.10. The lowest BCUT2D eigenvalue weighted by Gasteiger charge is -2.22. The van der Waals surface area contributed by atoms with E-state index < -0.39 is 0 Å². The fourth-order valence-corrected chi connectivity index (χ4v) is 3.32. The summed E-state index contributed by atoms with van der Waals surface area (Å²) in [5.41, 5.74) is 0.992. The Hall–Kier alpha value is -2.74. The Morgan fingerprint density at radius 3 is 2.55 bits per heavy atom. The molecule has 0 radical (unpaired) electrons. The van der Waals surface area contributed by atoms with Crippen LogP contribution in [0.1, 0.15) is 62.0 Å². The van der Waals surface area contributed by atoms with Crippen molar-refractivity contribution in [3.63, 3.8) is 0 Å². The summed E-state index contributed by atoms with van der Waals surface area (Å²) in [7, 11) is 0. The maximum Gasteiger partial charge on any atom is 0.274 e. The van der Waals surface area contributed by atoms with Crippen LogP contribution in [0, 0.1) is 6.92 Å². The van der Waals surface area contributed by atoms with E-state index in [1.807, 2.05) is 13.8 Å². The van der Waals surface area contributed by atoms with Gasteiger partial charge in [-0.2, -0.15) is 0 Å². The van der Waals surface area contributed by atoms with E-state index in [1.54, 1.807) is 29.5 Å². The SMILES string of the molecule is CCN(CC)CCC[C@H](C)NC(=O)CCN(Cc1ccco1)C(=O)c1cnc(C)cn1. The second-order valence-corrected chi connectivity index (χ2v) is 7.74. The molecule has 0 spiro atoms. The van der Waals surface area contributed by atoms with Crippen molar-refractivity contribution >= 4 is 11.8 Å². The van der Waals surface area contributed by atoms with Crippen molar-refractivity contribution in [3.8, 4) is 0 Å². The first-order chi connectivity index (χ1) is 14.9. The van der Waals surface area contributed by atoms with Crippen molar-refractivity contribution in [2.24, 2.45) is 0 Å². The van der Waals surface area contributed by atoms with Crippen LogP contribution in [-0.2, 0) is 11.3 Å². The number of nitrogens with one attached hydrogen (secondary N) is 1. The van der Waals surface area contributed by atoms with Gasteiger partial charge in [0.1, 0.15) is 11.5 Å². The third kappa shape index (κ3) is 8.49. The molecule has 2 heterocycles. The van der Waals surface area contributed by atoms with Gasteiger partial charge in [0.2, 0.25) is 5.91 Å². The van der Waals surface area contributed by atoms with Crippen LogP contribution in [-0.4, -0.2) is 63.8 Å². The van der Waals surface area contributed by atoms with Crippen molar-refractivity contribution in [2.45, 2.75) is 59.5 Å². The molecule has 0 bridgehead atoms. The van der Waals surface area contributed by atoms with E-state index in [-0.39, 0.29) is 43.1 Å². The van der Waals surface area contributed by atoms with Crippen LogP contribution in [0.15, 0.2) is 35.2 Å². The lowest BCUT2D eigenvalue weighted by atomic mass is 10.1. The molecule has 31 heavy (non-hydrogen) atoms. The minimum Gasteiger partial charge on any atom is -0.467 e. The van der Waals surface area contributed by atoms with Crippen LogP contribution < -0.4 is 5.32 Å². The number of carbonyl (C=O) groups excluding carboxylic acids is 2. The number of carbonyl (C=O) groups is 2. The molecule has 0 saturated heterocycles. The monoisotopic (exact) mass is 429 g/mol. The molecule has 0 unspecified atom stereocenters. The topological polar surface area (TPSA) is 91.6 Å². The van der Waals surface area contributed by atoms with Crippen LogP contribution in [0.25, 0.3) is 0 Å². The fraction of sp³-hybridized carbons (Fsp3) is 0.565. The maximum atomic E-state index is 12.9. The number of hydrogen-bond donors (Lipinski definition) is 1. The molecule has 2 rings (SSSR count). The van der Waals surface area contributed by atoms with Crippen molar-refractivity contribution in [1.29, 1.82) is 0 Å². The summed E-state index contributed by atoms with van der Waals surface area (Å²) in [4.78, 5) is 37.7. The summed E-state index contributed by atoms with van der Waals surface area (Å²) in [5.74, 6) is 0.310. The number of amides is 2. The Labute approximate surface area is 185 Å². The van der Waals surface area contributed by atoms with Gasteiger partial charge in [-0.05, 0) is 58.5 Å². The van der Waals surface area contributed by atoms with Crippen LogP contribution in [0.3, 0.4) is 0 Å². The quantitative estimate of drug-likeness (QED) is 0.526. The summed E-state index contributed by atoms with van der Waals surface area (Å²) in [6, 6.07) is 3.68. The first-order valence-electron chi connectivity index (χ1n) is 11.0. The minimum atomic E-state index is -0.274. The Kier molecular flexibility index (Phi) is 10.2. The van der Waals surface area contributed by atoms with Gasteiger partial charge in [-0.15, -0.1) is 0 Å². The van der Waals surface area contributed by atoms with E-state index in [2.05, 4.69) is 34.0 Å². The van der Waals surface area contributed by atoms with E-state index in [1.165, 1.54) is 6.20 Å². The molecule has 0 aliphatic rings. The largest absolute Gasteiger partial charge is 0.467 e. The molecule has 0 aliphatic heterocycles. The van der Waals surface area contributed by atoms with E-state index in [4.69, 9.17) is 4.42 Å². The smallest absolute Gasteiger partial charge is 0.274 e. The predicted molar refractivity (Wildman–Crippen MR) is 119 cm³/mol. The highest BCUT2D eigenvalue weighted by molar-refractivity contribution is 5.92. The van der Waals surface area contributed by atoms with Crippen LogP contribution in [0.4, 0.5) is 0 Å². The van der Waals surface area contributed by atoms with Gasteiger partial charge < -0.3 is 19.5 Å². The van der Waals surface area contributed by atoms with E-state index in [0.29, 0.717) is 5.76 Å². The molecule has 8 nitrogen and oxygen atoms in total. The first kappa shape index (κ1) is 24.5. The molecule has 2 aromatic rings. The molecule has 0 fully saturated rings. The molecule has 8 heteroatoms. The number of hydrogen-bond acceptors (Lipinski definition) is 6. The van der Waals surface area contributed by atoms with Gasteiger partial charge in [0.05, 0.1) is 24.7 Å². The van der Waals surface area contributed by atoms with Gasteiger partial charge in [-0.1, -0.05) is 13.8 Å². The Morgan fingerprint density at radius 2 is 1.94 bits per heavy atom. The van der Waals surface area contributed by atoms with Gasteiger partial charge in [0, 0.05) is 25.2 Å². The van der Waals surface area contributed by atoms with E-state index >= 15 is 0 Å². The Morgan fingerprint density at radius 1 is 1.16 bits per heavy atom. The van der Waals surface area contributed by atoms with Crippen molar-refractivity contribution in [3.05, 3.63) is 47.9 Å². The number of aromatic nitrogens is 2. The number of aryl methyl sites for hydroxylation is 1. The third-order valence-corrected chi connectivity index (χ3v) is 5.24. The second-order valence-electron chi connectivity index (χ2n) is 7.74. The average Bonchev–Trinajstić information content (AvgIpc) is 3.27. The third-order valence-electron chi connectivity index (χ3n) is 5.24. The lowest BCUT2D eigenvalue weighted by molar-refractivity contribution is -0.122. The molecule has 0 aromatic carbocycles. The first-order valence-corrected chi connectivity index (χ1v) is 11.0. The van der Waals surface area contributed by atoms with Gasteiger partial charge in [-0.3, -0.25) is 14.6 Å². The zero-order valence-electron chi connectivity index (χ0n) is 19.1. The fourth-order valence-electron chi connectivity index (χ4n) is 3.32. The molecular weight excluding hydrogens is 394 g/mol. The summed E-state index contributed by atoms with van der Waals surface area (Å²) in [6.07, 6.45) is 6.77. The summed E-state index contributed by atoms with van der Waals surface area (Å²) in [5, 5.41) is 3.04. The maximum absolute atomic E-state index is 12.9. The van der Waals surface area contributed by atoms with Crippen LogP contribution in [0.2, 0.25) is 0 Å². The highest BCUT2D eigenvalue weighted by atomic mass is 16.3. The predicted octanol–water partition coefficient (Wildman–Crippen LogP) is 3.04. The van der Waals surface area contributed by atoms with E-state index in [9.17, 15) is 9.59 Å². The Bertz CT molecular complexity index is 788. The zero-order valence-corrected chi connectivity index (χ0v) is 19.1. The molecule has 0 saturated carbocycles. The van der Waals surface area contributed by atoms with E-state index in [0.717, 1.165) is 38.2 Å². The lowest BCUT2D eigenvalue weighted by Crippen LogP contribution is -2.38. The normalized spacial score (nSPS) is 12.0. The van der Waals surface area contributed by atoms with Crippen molar-refractivity contribution in [2.75, 3.05) is 26.2 Å². The zero-order chi connectivity index (χ0) is 22.6. The minimum absolute atomic E-state index is 0.0671. The molecular formula is C23H35N5O3. The van der Waals surface area contributed by atoms with Crippen LogP contribution >= 0.6 is 0 Å². The molecule has 2 amide bonds. The number of furan rings is 1. The van der Waals surface area contributed by atoms with Gasteiger partial charge in [0.25, 0.3) is 5.91 Å².